The van der Waals surface area contributed by atoms with Gasteiger partial charge in [0, 0.05) is 18.7 Å². The van der Waals surface area contributed by atoms with E-state index in [1.165, 1.54) is 11.1 Å². The minimum Gasteiger partial charge on any atom is -0.381 e. The van der Waals surface area contributed by atoms with Gasteiger partial charge in [-0.3, -0.25) is 5.10 Å². The molecule has 0 fully saturated rings. The Hall–Kier alpha value is -1.81. The van der Waals surface area contributed by atoms with Crippen molar-refractivity contribution in [3.05, 3.63) is 36.0 Å². The molecule has 16 heavy (non-hydrogen) atoms. The largest absolute Gasteiger partial charge is 0.381 e. The molecule has 0 aliphatic heterocycles. The van der Waals surface area contributed by atoms with E-state index < -0.39 is 0 Å². The lowest BCUT2D eigenvalue weighted by atomic mass is 10.1. The Labute approximate surface area is 94.9 Å². The van der Waals surface area contributed by atoms with Gasteiger partial charge in [0.1, 0.15) is 0 Å². The third-order valence-electron chi connectivity index (χ3n) is 2.51. The molecular formula is C12H16N4. The Kier molecular flexibility index (Phi) is 3.22. The SMILES string of the molecule is Cc1ccccc1-c1[nH]ncc1NCCN. The molecule has 0 aliphatic carbocycles. The monoisotopic (exact) mass is 216 g/mol. The molecule has 0 radical (unpaired) electrons. The van der Waals surface area contributed by atoms with Crippen LogP contribution in [0, 0.1) is 6.92 Å². The normalized spacial score (nSPS) is 10.4. The van der Waals surface area contributed by atoms with E-state index in [-0.39, 0.29) is 0 Å². The number of hydrogen-bond donors (Lipinski definition) is 3. The van der Waals surface area contributed by atoms with Crippen LogP contribution in [0.25, 0.3) is 11.3 Å². The lowest BCUT2D eigenvalue weighted by Gasteiger charge is -2.07. The van der Waals surface area contributed by atoms with Crippen molar-refractivity contribution in [2.45, 2.75) is 6.92 Å². The zero-order chi connectivity index (χ0) is 11.4. The molecule has 2 aromatic rings. The van der Waals surface area contributed by atoms with Crippen molar-refractivity contribution in [1.82, 2.24) is 10.2 Å². The van der Waals surface area contributed by atoms with Crippen molar-refractivity contribution in [3.63, 3.8) is 0 Å². The summed E-state index contributed by atoms with van der Waals surface area (Å²) in [7, 11) is 0. The molecule has 0 saturated heterocycles. The lowest BCUT2D eigenvalue weighted by Crippen LogP contribution is -2.13. The van der Waals surface area contributed by atoms with E-state index in [0.717, 1.165) is 17.9 Å². The Bertz CT molecular complexity index is 462. The maximum Gasteiger partial charge on any atom is 0.0884 e. The maximum atomic E-state index is 5.47. The highest BCUT2D eigenvalue weighted by Gasteiger charge is 2.08. The quantitative estimate of drug-likeness (QED) is 0.729. The molecule has 1 aromatic carbocycles. The number of anilines is 1. The topological polar surface area (TPSA) is 66.7 Å². The molecule has 1 aromatic heterocycles. The molecular weight excluding hydrogens is 200 g/mol. The second-order valence-corrected chi connectivity index (χ2v) is 3.69. The number of aromatic amines is 1. The average molecular weight is 216 g/mol. The third-order valence-corrected chi connectivity index (χ3v) is 2.51. The highest BCUT2D eigenvalue weighted by Crippen LogP contribution is 2.27. The number of nitrogens with one attached hydrogen (secondary N) is 2. The summed E-state index contributed by atoms with van der Waals surface area (Å²) in [5, 5.41) is 10.3. The number of rotatable bonds is 4. The van der Waals surface area contributed by atoms with Gasteiger partial charge in [0.15, 0.2) is 0 Å². The maximum absolute atomic E-state index is 5.47. The van der Waals surface area contributed by atoms with Gasteiger partial charge in [-0.2, -0.15) is 5.10 Å². The van der Waals surface area contributed by atoms with Crippen LogP contribution in [0.3, 0.4) is 0 Å². The number of H-pyrrole nitrogens is 1. The summed E-state index contributed by atoms with van der Waals surface area (Å²) in [6.45, 7) is 3.44. The van der Waals surface area contributed by atoms with Gasteiger partial charge in [0.05, 0.1) is 17.6 Å². The Morgan fingerprint density at radius 1 is 1.38 bits per heavy atom. The molecule has 2 rings (SSSR count). The fraction of sp³-hybridized carbons (Fsp3) is 0.250. The van der Waals surface area contributed by atoms with Crippen LogP contribution in [-0.2, 0) is 0 Å². The van der Waals surface area contributed by atoms with E-state index in [4.69, 9.17) is 5.73 Å². The molecule has 4 heteroatoms. The second kappa shape index (κ2) is 4.81. The van der Waals surface area contributed by atoms with Crippen LogP contribution in [-0.4, -0.2) is 23.3 Å². The van der Waals surface area contributed by atoms with Crippen LogP contribution >= 0.6 is 0 Å². The van der Waals surface area contributed by atoms with Crippen molar-refractivity contribution in [1.29, 1.82) is 0 Å². The van der Waals surface area contributed by atoms with Crippen molar-refractivity contribution >= 4 is 5.69 Å². The Balaban J connectivity index is 2.33. The predicted octanol–water partition coefficient (Wildman–Crippen LogP) is 1.76. The molecule has 1 heterocycles. The lowest BCUT2D eigenvalue weighted by molar-refractivity contribution is 1.03. The number of nitrogens with two attached hydrogens (primary N) is 1. The molecule has 0 spiro atoms. The fourth-order valence-corrected chi connectivity index (χ4v) is 1.69. The Morgan fingerprint density at radius 2 is 2.19 bits per heavy atom. The van der Waals surface area contributed by atoms with E-state index >= 15 is 0 Å². The number of nitrogens with zero attached hydrogens (tertiary/aromatic N) is 1. The zero-order valence-corrected chi connectivity index (χ0v) is 9.33. The van der Waals surface area contributed by atoms with Crippen LogP contribution in [0.5, 0.6) is 0 Å². The van der Waals surface area contributed by atoms with Crippen molar-refractivity contribution in [2.75, 3.05) is 18.4 Å². The molecule has 0 amide bonds. The first-order chi connectivity index (χ1) is 7.83. The van der Waals surface area contributed by atoms with Crippen molar-refractivity contribution < 1.29 is 0 Å². The first-order valence-corrected chi connectivity index (χ1v) is 5.36. The number of aromatic nitrogens is 2. The van der Waals surface area contributed by atoms with E-state index in [1.54, 1.807) is 6.20 Å². The first kappa shape index (κ1) is 10.7. The van der Waals surface area contributed by atoms with Crippen LogP contribution in [0.1, 0.15) is 5.56 Å². The van der Waals surface area contributed by atoms with Crippen molar-refractivity contribution in [3.8, 4) is 11.3 Å². The molecule has 0 bridgehead atoms. The van der Waals surface area contributed by atoms with Gasteiger partial charge >= 0.3 is 0 Å². The number of hydrogen-bond acceptors (Lipinski definition) is 3. The number of benzene rings is 1. The van der Waals surface area contributed by atoms with Crippen LogP contribution in [0.2, 0.25) is 0 Å². The third kappa shape index (κ3) is 2.06. The van der Waals surface area contributed by atoms with Crippen LogP contribution in [0.4, 0.5) is 5.69 Å². The second-order valence-electron chi connectivity index (χ2n) is 3.69. The number of aryl methyl sites for hydroxylation is 1. The molecule has 0 aliphatic rings. The summed E-state index contributed by atoms with van der Waals surface area (Å²) in [6, 6.07) is 8.22. The Morgan fingerprint density at radius 3 is 2.94 bits per heavy atom. The van der Waals surface area contributed by atoms with Gasteiger partial charge in [-0.25, -0.2) is 0 Å². The highest BCUT2D eigenvalue weighted by molar-refractivity contribution is 5.75. The highest BCUT2D eigenvalue weighted by atomic mass is 15.1. The summed E-state index contributed by atoms with van der Waals surface area (Å²) in [4.78, 5) is 0. The fourth-order valence-electron chi connectivity index (χ4n) is 1.69. The van der Waals surface area contributed by atoms with Gasteiger partial charge in [-0.1, -0.05) is 24.3 Å². The van der Waals surface area contributed by atoms with Gasteiger partial charge < -0.3 is 11.1 Å². The minimum absolute atomic E-state index is 0.610. The summed E-state index contributed by atoms with van der Waals surface area (Å²) in [5.41, 5.74) is 9.88. The van der Waals surface area contributed by atoms with E-state index in [2.05, 4.69) is 34.6 Å². The van der Waals surface area contributed by atoms with E-state index in [9.17, 15) is 0 Å². The smallest absolute Gasteiger partial charge is 0.0884 e. The van der Waals surface area contributed by atoms with Crippen molar-refractivity contribution in [2.24, 2.45) is 5.73 Å². The van der Waals surface area contributed by atoms with Gasteiger partial charge in [-0.05, 0) is 12.5 Å². The van der Waals surface area contributed by atoms with Crippen LogP contribution < -0.4 is 11.1 Å². The molecule has 0 atom stereocenters. The predicted molar refractivity (Wildman–Crippen MR) is 66.3 cm³/mol. The van der Waals surface area contributed by atoms with Gasteiger partial charge in [0.25, 0.3) is 0 Å². The minimum atomic E-state index is 0.610. The zero-order valence-electron chi connectivity index (χ0n) is 9.33. The van der Waals surface area contributed by atoms with Gasteiger partial charge in [0.2, 0.25) is 0 Å². The molecule has 0 unspecified atom stereocenters. The van der Waals surface area contributed by atoms with E-state index in [1.807, 2.05) is 12.1 Å². The summed E-state index contributed by atoms with van der Waals surface area (Å²) in [5.74, 6) is 0. The molecule has 4 nitrogen and oxygen atoms in total. The first-order valence-electron chi connectivity index (χ1n) is 5.36. The summed E-state index contributed by atoms with van der Waals surface area (Å²) >= 11 is 0. The molecule has 84 valence electrons. The van der Waals surface area contributed by atoms with Gasteiger partial charge in [-0.15, -0.1) is 0 Å². The summed E-state index contributed by atoms with van der Waals surface area (Å²) in [6.07, 6.45) is 1.79. The molecule has 0 saturated carbocycles. The summed E-state index contributed by atoms with van der Waals surface area (Å²) < 4.78 is 0. The average Bonchev–Trinajstić information content (AvgIpc) is 2.75. The standard InChI is InChI=1S/C12H16N4/c1-9-4-2-3-5-10(9)12-11(8-15-16-12)14-7-6-13/h2-5,8,14H,6-7,13H2,1H3,(H,15,16). The van der Waals surface area contributed by atoms with Crippen LogP contribution in [0.15, 0.2) is 30.5 Å². The molecule has 4 N–H and O–H groups in total. The van der Waals surface area contributed by atoms with E-state index in [0.29, 0.717) is 6.54 Å².